The SMILES string of the molecule is O=C(Cl)c1ccccc1S(=O)(=O)C(F)(F)F. The topological polar surface area (TPSA) is 51.2 Å². The first-order valence-corrected chi connectivity index (χ1v) is 5.64. The Balaban J connectivity index is 3.52. The van der Waals surface area contributed by atoms with Crippen molar-refractivity contribution in [2.24, 2.45) is 0 Å². The number of carbonyl (C=O) groups excluding carboxylic acids is 1. The molecule has 3 nitrogen and oxygen atoms in total. The van der Waals surface area contributed by atoms with Crippen molar-refractivity contribution >= 4 is 26.7 Å². The van der Waals surface area contributed by atoms with E-state index >= 15 is 0 Å². The summed E-state index contributed by atoms with van der Waals surface area (Å²) in [7, 11) is -5.56. The quantitative estimate of drug-likeness (QED) is 0.777. The lowest BCUT2D eigenvalue weighted by atomic mass is 10.2. The van der Waals surface area contributed by atoms with E-state index < -0.39 is 31.0 Å². The summed E-state index contributed by atoms with van der Waals surface area (Å²) in [5.41, 5.74) is -6.16. The smallest absolute Gasteiger partial charge is 0.276 e. The van der Waals surface area contributed by atoms with Crippen molar-refractivity contribution in [3.05, 3.63) is 29.8 Å². The predicted octanol–water partition coefficient (Wildman–Crippen LogP) is 2.36. The molecule has 0 radical (unpaired) electrons. The Kier molecular flexibility index (Phi) is 3.30. The molecule has 0 N–H and O–H groups in total. The van der Waals surface area contributed by atoms with E-state index in [0.717, 1.165) is 12.1 Å². The fourth-order valence-corrected chi connectivity index (χ4v) is 2.17. The number of sulfone groups is 1. The fourth-order valence-electron chi connectivity index (χ4n) is 0.988. The van der Waals surface area contributed by atoms with Gasteiger partial charge in [-0.05, 0) is 23.7 Å². The molecule has 0 unspecified atom stereocenters. The summed E-state index contributed by atoms with van der Waals surface area (Å²) in [6, 6.07) is 3.87. The number of hydrogen-bond acceptors (Lipinski definition) is 3. The molecule has 0 saturated heterocycles. The van der Waals surface area contributed by atoms with Crippen LogP contribution >= 0.6 is 11.6 Å². The molecule has 8 heteroatoms. The van der Waals surface area contributed by atoms with Crippen molar-refractivity contribution in [3.8, 4) is 0 Å². The average molecular weight is 273 g/mol. The molecule has 0 bridgehead atoms. The van der Waals surface area contributed by atoms with E-state index in [2.05, 4.69) is 0 Å². The Labute approximate surface area is 93.7 Å². The van der Waals surface area contributed by atoms with Crippen LogP contribution in [0.2, 0.25) is 0 Å². The first-order valence-electron chi connectivity index (χ1n) is 3.78. The zero-order valence-corrected chi connectivity index (χ0v) is 9.03. The third-order valence-electron chi connectivity index (χ3n) is 1.69. The van der Waals surface area contributed by atoms with Gasteiger partial charge in [-0.1, -0.05) is 12.1 Å². The molecule has 1 rings (SSSR count). The van der Waals surface area contributed by atoms with Crippen molar-refractivity contribution in [1.29, 1.82) is 0 Å². The first-order chi connectivity index (χ1) is 7.18. The monoisotopic (exact) mass is 272 g/mol. The standard InChI is InChI=1S/C8H4ClF3O3S/c9-7(13)5-3-1-2-4-6(5)16(14,15)8(10,11)12/h1-4H. The van der Waals surface area contributed by atoms with E-state index in [1.165, 1.54) is 6.07 Å². The number of hydrogen-bond donors (Lipinski definition) is 0. The maximum absolute atomic E-state index is 12.2. The van der Waals surface area contributed by atoms with Gasteiger partial charge in [0.15, 0.2) is 0 Å². The second-order valence-electron chi connectivity index (χ2n) is 2.72. The lowest BCUT2D eigenvalue weighted by Crippen LogP contribution is -2.24. The Bertz CT molecular complexity index is 522. The van der Waals surface area contributed by atoms with E-state index in [9.17, 15) is 26.4 Å². The van der Waals surface area contributed by atoms with Crippen molar-refractivity contribution in [2.45, 2.75) is 10.4 Å². The van der Waals surface area contributed by atoms with Gasteiger partial charge < -0.3 is 0 Å². The summed E-state index contributed by atoms with van der Waals surface area (Å²) in [6.07, 6.45) is 0. The molecule has 0 heterocycles. The molecule has 0 spiro atoms. The highest BCUT2D eigenvalue weighted by atomic mass is 35.5. The Hall–Kier alpha value is -1.08. The van der Waals surface area contributed by atoms with Crippen LogP contribution in [0.1, 0.15) is 10.4 Å². The molecule has 0 aromatic heterocycles. The Morgan fingerprint density at radius 1 is 1.19 bits per heavy atom. The van der Waals surface area contributed by atoms with Gasteiger partial charge in [-0.15, -0.1) is 0 Å². The van der Waals surface area contributed by atoms with Crippen molar-refractivity contribution in [2.75, 3.05) is 0 Å². The minimum atomic E-state index is -5.56. The van der Waals surface area contributed by atoms with Crippen LogP contribution in [0.25, 0.3) is 0 Å². The lowest BCUT2D eigenvalue weighted by molar-refractivity contribution is -0.0436. The molecular weight excluding hydrogens is 269 g/mol. The molecule has 0 aliphatic heterocycles. The van der Waals surface area contributed by atoms with Gasteiger partial charge in [-0.2, -0.15) is 13.2 Å². The van der Waals surface area contributed by atoms with E-state index in [1.54, 1.807) is 0 Å². The van der Waals surface area contributed by atoms with Crippen LogP contribution in [0.3, 0.4) is 0 Å². The number of benzene rings is 1. The summed E-state index contributed by atoms with van der Waals surface area (Å²) < 4.78 is 58.7. The Morgan fingerprint density at radius 2 is 1.69 bits per heavy atom. The zero-order valence-electron chi connectivity index (χ0n) is 7.45. The summed E-state index contributed by atoms with van der Waals surface area (Å²) in [4.78, 5) is 9.64. The zero-order chi connectivity index (χ0) is 12.6. The third-order valence-corrected chi connectivity index (χ3v) is 3.44. The van der Waals surface area contributed by atoms with Crippen LogP contribution in [-0.2, 0) is 9.84 Å². The molecule has 0 aliphatic rings. The highest BCUT2D eigenvalue weighted by molar-refractivity contribution is 7.92. The normalized spacial score (nSPS) is 12.5. The second kappa shape index (κ2) is 4.06. The molecule has 1 aromatic carbocycles. The van der Waals surface area contributed by atoms with Gasteiger partial charge in [0.25, 0.3) is 15.1 Å². The average Bonchev–Trinajstić information content (AvgIpc) is 2.16. The minimum Gasteiger partial charge on any atom is -0.276 e. The van der Waals surface area contributed by atoms with Gasteiger partial charge >= 0.3 is 5.51 Å². The number of carbonyl (C=O) groups is 1. The summed E-state index contributed by atoms with van der Waals surface area (Å²) in [6.45, 7) is 0. The van der Waals surface area contributed by atoms with Crippen LogP contribution < -0.4 is 0 Å². The molecule has 0 aliphatic carbocycles. The van der Waals surface area contributed by atoms with Crippen LogP contribution in [0.4, 0.5) is 13.2 Å². The Morgan fingerprint density at radius 3 is 2.12 bits per heavy atom. The largest absolute Gasteiger partial charge is 0.501 e. The van der Waals surface area contributed by atoms with Gasteiger partial charge in [-0.25, -0.2) is 8.42 Å². The molecule has 0 atom stereocenters. The van der Waals surface area contributed by atoms with E-state index in [4.69, 9.17) is 11.6 Å². The second-order valence-corrected chi connectivity index (χ2v) is 4.97. The molecule has 1 aromatic rings. The molecule has 0 fully saturated rings. The minimum absolute atomic E-state index is 0.679. The number of alkyl halides is 3. The maximum atomic E-state index is 12.2. The molecule has 0 amide bonds. The number of rotatable bonds is 2. The third kappa shape index (κ3) is 2.19. The molecule has 88 valence electrons. The first kappa shape index (κ1) is 13.0. The van der Waals surface area contributed by atoms with Gasteiger partial charge in [-0.3, -0.25) is 4.79 Å². The molecule has 16 heavy (non-hydrogen) atoms. The van der Waals surface area contributed by atoms with Crippen LogP contribution in [0.5, 0.6) is 0 Å². The van der Waals surface area contributed by atoms with Gasteiger partial charge in [0, 0.05) is 0 Å². The van der Waals surface area contributed by atoms with Crippen molar-refractivity contribution in [1.82, 2.24) is 0 Å². The summed E-state index contributed by atoms with van der Waals surface area (Å²) in [5.74, 6) is 0. The van der Waals surface area contributed by atoms with Gasteiger partial charge in [0.05, 0.1) is 10.5 Å². The summed E-state index contributed by atoms with van der Waals surface area (Å²) >= 11 is 4.99. The van der Waals surface area contributed by atoms with Crippen LogP contribution in [0.15, 0.2) is 29.2 Å². The van der Waals surface area contributed by atoms with E-state index in [1.807, 2.05) is 0 Å². The molecule has 0 saturated carbocycles. The van der Waals surface area contributed by atoms with Crippen LogP contribution in [0, 0.1) is 0 Å². The van der Waals surface area contributed by atoms with Crippen molar-refractivity contribution < 1.29 is 26.4 Å². The fraction of sp³-hybridized carbons (Fsp3) is 0.125. The predicted molar refractivity (Wildman–Crippen MR) is 49.9 cm³/mol. The summed E-state index contributed by atoms with van der Waals surface area (Å²) in [5, 5.41) is -1.26. The molecular formula is C8H4ClF3O3S. The highest BCUT2D eigenvalue weighted by Gasteiger charge is 2.48. The van der Waals surface area contributed by atoms with E-state index in [0.29, 0.717) is 6.07 Å². The van der Waals surface area contributed by atoms with Gasteiger partial charge in [0.2, 0.25) is 0 Å². The van der Waals surface area contributed by atoms with E-state index in [-0.39, 0.29) is 0 Å². The maximum Gasteiger partial charge on any atom is 0.501 e. The highest BCUT2D eigenvalue weighted by Crippen LogP contribution is 2.32. The van der Waals surface area contributed by atoms with Gasteiger partial charge in [0.1, 0.15) is 0 Å². The number of halogens is 4. The van der Waals surface area contributed by atoms with Crippen LogP contribution in [-0.4, -0.2) is 19.2 Å². The van der Waals surface area contributed by atoms with Crippen molar-refractivity contribution in [3.63, 3.8) is 0 Å². The lowest BCUT2D eigenvalue weighted by Gasteiger charge is -2.09.